The van der Waals surface area contributed by atoms with Crippen LogP contribution in [-0.4, -0.2) is 52.7 Å². The Hall–Kier alpha value is -1.01. The number of imidazole rings is 1. The highest BCUT2D eigenvalue weighted by Crippen LogP contribution is 2.15. The molecule has 2 N–H and O–H groups in total. The zero-order valence-electron chi connectivity index (χ0n) is 13.0. The Morgan fingerprint density at radius 3 is 3.14 bits per heavy atom. The number of thioether (sulfide) groups is 1. The first-order chi connectivity index (χ1) is 10.2. The number of aromatic nitrogens is 2. The number of aromatic amines is 1. The highest BCUT2D eigenvalue weighted by Gasteiger charge is 2.23. The van der Waals surface area contributed by atoms with Gasteiger partial charge in [-0.25, -0.2) is 4.98 Å². The minimum absolute atomic E-state index is 0.0612. The van der Waals surface area contributed by atoms with Crippen molar-refractivity contribution in [2.45, 2.75) is 44.4 Å². The van der Waals surface area contributed by atoms with Crippen LogP contribution in [0.5, 0.6) is 0 Å². The molecule has 118 valence electrons. The molecule has 0 saturated carbocycles. The Morgan fingerprint density at radius 2 is 2.38 bits per heavy atom. The van der Waals surface area contributed by atoms with Crippen LogP contribution in [0.1, 0.15) is 37.1 Å². The van der Waals surface area contributed by atoms with Gasteiger partial charge in [0.1, 0.15) is 0 Å². The monoisotopic (exact) mass is 310 g/mol. The van der Waals surface area contributed by atoms with Gasteiger partial charge in [0.2, 0.25) is 5.91 Å². The molecular weight excluding hydrogens is 284 g/mol. The Balaban J connectivity index is 1.63. The lowest BCUT2D eigenvalue weighted by Crippen LogP contribution is -2.45. The fourth-order valence-electron chi connectivity index (χ4n) is 2.65. The van der Waals surface area contributed by atoms with Crippen LogP contribution in [-0.2, 0) is 10.5 Å². The van der Waals surface area contributed by atoms with Crippen molar-refractivity contribution < 1.29 is 4.79 Å². The molecule has 1 atom stereocenters. The van der Waals surface area contributed by atoms with Crippen molar-refractivity contribution in [3.63, 3.8) is 0 Å². The SMILES string of the molecule is Cc1[nH]cnc1CSCCNC(=O)C1CCCCCN1C. The molecule has 1 amide bonds. The molecule has 1 saturated heterocycles. The normalized spacial score (nSPS) is 20.2. The predicted octanol–water partition coefficient (Wildman–Crippen LogP) is 1.94. The number of carbonyl (C=O) groups is 1. The first-order valence-electron chi connectivity index (χ1n) is 7.73. The average Bonchev–Trinajstić information content (AvgIpc) is 2.74. The fourth-order valence-corrected chi connectivity index (χ4v) is 3.52. The minimum atomic E-state index is 0.0612. The first-order valence-corrected chi connectivity index (χ1v) is 8.88. The van der Waals surface area contributed by atoms with Crippen LogP contribution >= 0.6 is 11.8 Å². The van der Waals surface area contributed by atoms with Crippen molar-refractivity contribution in [2.75, 3.05) is 25.9 Å². The van der Waals surface area contributed by atoms with Gasteiger partial charge in [-0.1, -0.05) is 12.8 Å². The molecule has 21 heavy (non-hydrogen) atoms. The van der Waals surface area contributed by atoms with Crippen molar-refractivity contribution in [1.82, 2.24) is 20.2 Å². The van der Waals surface area contributed by atoms with Gasteiger partial charge in [-0.15, -0.1) is 0 Å². The van der Waals surface area contributed by atoms with Gasteiger partial charge in [0.25, 0.3) is 0 Å². The first kappa shape index (κ1) is 16.4. The molecule has 1 aromatic heterocycles. The largest absolute Gasteiger partial charge is 0.354 e. The van der Waals surface area contributed by atoms with Gasteiger partial charge in [-0.05, 0) is 33.4 Å². The zero-order valence-corrected chi connectivity index (χ0v) is 13.8. The number of hydrogen-bond donors (Lipinski definition) is 2. The van der Waals surface area contributed by atoms with Crippen LogP contribution in [0.4, 0.5) is 0 Å². The summed E-state index contributed by atoms with van der Waals surface area (Å²) in [5.41, 5.74) is 2.24. The lowest BCUT2D eigenvalue weighted by atomic mass is 10.1. The molecule has 1 aliphatic heterocycles. The van der Waals surface area contributed by atoms with E-state index in [1.807, 2.05) is 18.7 Å². The van der Waals surface area contributed by atoms with Crippen LogP contribution in [0, 0.1) is 6.92 Å². The van der Waals surface area contributed by atoms with E-state index in [0.29, 0.717) is 0 Å². The Morgan fingerprint density at radius 1 is 1.52 bits per heavy atom. The molecule has 5 nitrogen and oxygen atoms in total. The minimum Gasteiger partial charge on any atom is -0.354 e. The summed E-state index contributed by atoms with van der Waals surface area (Å²) in [6.45, 7) is 3.80. The molecule has 1 unspecified atom stereocenters. The maximum Gasteiger partial charge on any atom is 0.237 e. The summed E-state index contributed by atoms with van der Waals surface area (Å²) >= 11 is 1.81. The highest BCUT2D eigenvalue weighted by molar-refractivity contribution is 7.98. The van der Waals surface area contributed by atoms with E-state index in [9.17, 15) is 4.79 Å². The number of nitrogens with one attached hydrogen (secondary N) is 2. The molecule has 0 radical (unpaired) electrons. The predicted molar refractivity (Wildman–Crippen MR) is 87.4 cm³/mol. The third-order valence-corrected chi connectivity index (χ3v) is 5.01. The molecule has 2 heterocycles. The highest BCUT2D eigenvalue weighted by atomic mass is 32.2. The van der Waals surface area contributed by atoms with E-state index >= 15 is 0 Å². The molecule has 0 aromatic carbocycles. The second kappa shape index (κ2) is 8.44. The summed E-state index contributed by atoms with van der Waals surface area (Å²) in [4.78, 5) is 21.8. The molecule has 6 heteroatoms. The van der Waals surface area contributed by atoms with E-state index in [4.69, 9.17) is 0 Å². The number of H-pyrrole nitrogens is 1. The number of hydrogen-bond acceptors (Lipinski definition) is 4. The van der Waals surface area contributed by atoms with Gasteiger partial charge in [0, 0.05) is 23.7 Å². The van der Waals surface area contributed by atoms with E-state index in [1.165, 1.54) is 12.8 Å². The van der Waals surface area contributed by atoms with E-state index in [1.54, 1.807) is 6.33 Å². The number of aryl methyl sites for hydroxylation is 1. The van der Waals surface area contributed by atoms with Gasteiger partial charge >= 0.3 is 0 Å². The summed E-state index contributed by atoms with van der Waals surface area (Å²) < 4.78 is 0. The van der Waals surface area contributed by atoms with Gasteiger partial charge in [0.15, 0.2) is 0 Å². The van der Waals surface area contributed by atoms with Crippen molar-refractivity contribution in [2.24, 2.45) is 0 Å². The fraction of sp³-hybridized carbons (Fsp3) is 0.733. The van der Waals surface area contributed by atoms with Gasteiger partial charge in [-0.3, -0.25) is 9.69 Å². The van der Waals surface area contributed by atoms with Crippen molar-refractivity contribution in [3.8, 4) is 0 Å². The van der Waals surface area contributed by atoms with Crippen LogP contribution in [0.3, 0.4) is 0 Å². The maximum atomic E-state index is 12.2. The molecule has 0 aliphatic carbocycles. The topological polar surface area (TPSA) is 61.0 Å². The second-order valence-corrected chi connectivity index (χ2v) is 6.77. The summed E-state index contributed by atoms with van der Waals surface area (Å²) in [6, 6.07) is 0.0612. The standard InChI is InChI=1S/C15H26N4OS/c1-12-13(18-11-17-12)10-21-9-7-16-15(20)14-6-4-3-5-8-19(14)2/h11,14H,3-10H2,1-2H3,(H,16,20)(H,17,18). The van der Waals surface area contributed by atoms with Crippen molar-refractivity contribution in [3.05, 3.63) is 17.7 Å². The van der Waals surface area contributed by atoms with Crippen LogP contribution in [0.25, 0.3) is 0 Å². The summed E-state index contributed by atoms with van der Waals surface area (Å²) in [5.74, 6) is 2.01. The smallest absolute Gasteiger partial charge is 0.237 e. The van der Waals surface area contributed by atoms with Gasteiger partial charge in [0.05, 0.1) is 18.1 Å². The molecular formula is C15H26N4OS. The number of likely N-dealkylation sites (N-methyl/N-ethyl adjacent to an activating group) is 1. The summed E-state index contributed by atoms with van der Waals surface area (Å²) in [6.07, 6.45) is 6.33. The Labute approximate surface area is 131 Å². The third kappa shape index (κ3) is 5.04. The quantitative estimate of drug-likeness (QED) is 0.788. The van der Waals surface area contributed by atoms with Gasteiger partial charge < -0.3 is 10.3 Å². The van der Waals surface area contributed by atoms with Crippen molar-refractivity contribution in [1.29, 1.82) is 0 Å². The van der Waals surface area contributed by atoms with E-state index in [-0.39, 0.29) is 11.9 Å². The number of carbonyl (C=O) groups excluding carboxylic acids is 1. The molecule has 1 aromatic rings. The number of amides is 1. The molecule has 0 bridgehead atoms. The summed E-state index contributed by atoms with van der Waals surface area (Å²) in [5, 5.41) is 3.08. The van der Waals surface area contributed by atoms with Crippen LogP contribution in [0.2, 0.25) is 0 Å². The molecule has 0 spiro atoms. The lowest BCUT2D eigenvalue weighted by Gasteiger charge is -2.24. The Kier molecular flexibility index (Phi) is 6.57. The van der Waals surface area contributed by atoms with E-state index < -0.39 is 0 Å². The number of rotatable bonds is 6. The lowest BCUT2D eigenvalue weighted by molar-refractivity contribution is -0.125. The zero-order chi connectivity index (χ0) is 15.1. The summed E-state index contributed by atoms with van der Waals surface area (Å²) in [7, 11) is 2.06. The average molecular weight is 310 g/mol. The Bertz CT molecular complexity index is 449. The third-order valence-electron chi connectivity index (χ3n) is 4.04. The molecule has 1 fully saturated rings. The van der Waals surface area contributed by atoms with Crippen LogP contribution < -0.4 is 5.32 Å². The van der Waals surface area contributed by atoms with E-state index in [2.05, 4.69) is 27.2 Å². The van der Waals surface area contributed by atoms with Gasteiger partial charge in [-0.2, -0.15) is 11.8 Å². The number of likely N-dealkylation sites (tertiary alicyclic amines) is 1. The number of nitrogens with zero attached hydrogens (tertiary/aromatic N) is 2. The van der Waals surface area contributed by atoms with Crippen LogP contribution in [0.15, 0.2) is 6.33 Å². The second-order valence-electron chi connectivity index (χ2n) is 5.66. The maximum absolute atomic E-state index is 12.2. The van der Waals surface area contributed by atoms with E-state index in [0.717, 1.165) is 48.8 Å². The van der Waals surface area contributed by atoms with Crippen molar-refractivity contribution >= 4 is 17.7 Å². The molecule has 1 aliphatic rings. The molecule has 2 rings (SSSR count).